The van der Waals surface area contributed by atoms with E-state index < -0.39 is 40.3 Å². The molecule has 1 aromatic heterocycles. The minimum Gasteiger partial charge on any atom is -0.435 e. The van der Waals surface area contributed by atoms with Gasteiger partial charge in [-0.05, 0) is 51.8 Å². The summed E-state index contributed by atoms with van der Waals surface area (Å²) in [6.45, 7) is 13.5. The van der Waals surface area contributed by atoms with Crippen molar-refractivity contribution in [3.8, 4) is 22.9 Å². The van der Waals surface area contributed by atoms with Crippen LogP contribution in [0.2, 0.25) is 0 Å². The van der Waals surface area contributed by atoms with Crippen LogP contribution >= 0.6 is 0 Å². The van der Waals surface area contributed by atoms with Gasteiger partial charge >= 0.3 is 6.03 Å². The molecular formula is C34H42FN3O5. The summed E-state index contributed by atoms with van der Waals surface area (Å²) in [4.78, 5) is 31.1. The number of rotatable bonds is 10. The standard InChI is InChI=1S/C34H42FN3O5/c1-8-9-19-42-32(2,3)20-36-31(40)38-30(39)33(4,5)27-23-11-10-12-25(35)28(23)43-29-24(27)17-18-26(37-29)21-13-15-22(16-14-21)34(6,7)41/h10-18,27,41H,8-9,19-20H2,1-7H3,(H2,36,38,39,40)/t27-/m0/s1. The fraction of sp³-hybridized carbons (Fsp3) is 0.441. The van der Waals surface area contributed by atoms with Crippen LogP contribution in [0.3, 0.4) is 0 Å². The van der Waals surface area contributed by atoms with Crippen LogP contribution in [0.5, 0.6) is 11.6 Å². The molecule has 0 aliphatic carbocycles. The molecule has 0 saturated heterocycles. The van der Waals surface area contributed by atoms with Crippen molar-refractivity contribution in [1.29, 1.82) is 0 Å². The van der Waals surface area contributed by atoms with Gasteiger partial charge in [0.25, 0.3) is 0 Å². The van der Waals surface area contributed by atoms with Gasteiger partial charge in [-0.1, -0.05) is 69.7 Å². The second-order valence-corrected chi connectivity index (χ2v) is 12.7. The van der Waals surface area contributed by atoms with E-state index in [0.29, 0.717) is 23.4 Å². The third kappa shape index (κ3) is 7.22. The van der Waals surface area contributed by atoms with Crippen LogP contribution in [0.1, 0.15) is 83.9 Å². The fourth-order valence-corrected chi connectivity index (χ4v) is 5.14. The highest BCUT2D eigenvalue weighted by Gasteiger charge is 2.45. The molecule has 3 amide bonds. The highest BCUT2D eigenvalue weighted by atomic mass is 19.1. The first-order valence-corrected chi connectivity index (χ1v) is 14.7. The Morgan fingerprint density at radius 3 is 2.35 bits per heavy atom. The van der Waals surface area contributed by atoms with Crippen LogP contribution in [0.4, 0.5) is 9.18 Å². The Labute approximate surface area is 253 Å². The molecule has 3 N–H and O–H groups in total. The first-order chi connectivity index (χ1) is 20.1. The Kier molecular flexibility index (Phi) is 9.27. The summed E-state index contributed by atoms with van der Waals surface area (Å²) in [6.07, 6.45) is 1.92. The molecule has 2 heterocycles. The highest BCUT2D eigenvalue weighted by molar-refractivity contribution is 5.98. The maximum Gasteiger partial charge on any atom is 0.321 e. The SMILES string of the molecule is CCCCOC(C)(C)CNC(=O)NC(=O)C(C)(C)[C@@H]1c2ccc(-c3ccc(C(C)(C)O)cc3)nc2Oc2c(F)cccc21. The molecule has 0 bridgehead atoms. The van der Waals surface area contributed by atoms with Crippen molar-refractivity contribution in [2.24, 2.45) is 5.41 Å². The number of pyridine rings is 1. The third-order valence-electron chi connectivity index (χ3n) is 7.79. The highest BCUT2D eigenvalue weighted by Crippen LogP contribution is 2.52. The van der Waals surface area contributed by atoms with Gasteiger partial charge < -0.3 is 19.9 Å². The number of halogens is 1. The van der Waals surface area contributed by atoms with E-state index in [1.807, 2.05) is 50.2 Å². The molecule has 4 rings (SSSR count). The summed E-state index contributed by atoms with van der Waals surface area (Å²) in [5.74, 6) is -1.59. The third-order valence-corrected chi connectivity index (χ3v) is 7.79. The summed E-state index contributed by atoms with van der Waals surface area (Å²) >= 11 is 0. The molecular weight excluding hydrogens is 549 g/mol. The molecule has 8 nitrogen and oxygen atoms in total. The molecule has 0 unspecified atom stereocenters. The van der Waals surface area contributed by atoms with Gasteiger partial charge in [-0.2, -0.15) is 0 Å². The number of nitrogens with one attached hydrogen (secondary N) is 2. The molecule has 0 saturated carbocycles. The minimum atomic E-state index is -1.21. The number of hydrogen-bond acceptors (Lipinski definition) is 6. The summed E-state index contributed by atoms with van der Waals surface area (Å²) < 4.78 is 26.9. The Hall–Kier alpha value is -3.82. The van der Waals surface area contributed by atoms with E-state index in [2.05, 4.69) is 17.6 Å². The molecule has 1 aliphatic heterocycles. The smallest absolute Gasteiger partial charge is 0.321 e. The van der Waals surface area contributed by atoms with E-state index >= 15 is 4.39 Å². The van der Waals surface area contributed by atoms with Crippen molar-refractivity contribution in [1.82, 2.24) is 15.6 Å². The number of ether oxygens (including phenoxy) is 2. The second kappa shape index (κ2) is 12.4. The van der Waals surface area contributed by atoms with Gasteiger partial charge in [0.2, 0.25) is 11.8 Å². The summed E-state index contributed by atoms with van der Waals surface area (Å²) in [5.41, 5.74) is 0.425. The van der Waals surface area contributed by atoms with Crippen LogP contribution in [0.25, 0.3) is 11.3 Å². The average molecular weight is 592 g/mol. The Balaban J connectivity index is 1.61. The van der Waals surface area contributed by atoms with Gasteiger partial charge in [-0.15, -0.1) is 0 Å². The van der Waals surface area contributed by atoms with Crippen LogP contribution in [-0.4, -0.2) is 40.8 Å². The van der Waals surface area contributed by atoms with Gasteiger partial charge in [-0.3, -0.25) is 10.1 Å². The number of fused-ring (bicyclic) bond motifs is 2. The molecule has 0 radical (unpaired) electrons. The zero-order valence-corrected chi connectivity index (χ0v) is 26.0. The van der Waals surface area contributed by atoms with Gasteiger partial charge in [0.15, 0.2) is 11.6 Å². The average Bonchev–Trinajstić information content (AvgIpc) is 2.94. The lowest BCUT2D eigenvalue weighted by atomic mass is 9.69. The van der Waals surface area contributed by atoms with Crippen LogP contribution in [-0.2, 0) is 15.1 Å². The van der Waals surface area contributed by atoms with Crippen LogP contribution in [0, 0.1) is 11.2 Å². The van der Waals surface area contributed by atoms with Crippen molar-refractivity contribution >= 4 is 11.9 Å². The number of hydrogen-bond donors (Lipinski definition) is 3. The van der Waals surface area contributed by atoms with Crippen molar-refractivity contribution in [2.75, 3.05) is 13.2 Å². The van der Waals surface area contributed by atoms with Crippen LogP contribution < -0.4 is 15.4 Å². The van der Waals surface area contributed by atoms with Crippen molar-refractivity contribution in [3.63, 3.8) is 0 Å². The molecule has 1 atom stereocenters. The number of urea groups is 1. The van der Waals surface area contributed by atoms with E-state index in [1.54, 1.807) is 39.8 Å². The molecule has 230 valence electrons. The monoisotopic (exact) mass is 591 g/mol. The number of para-hydroxylation sites is 1. The molecule has 2 aromatic carbocycles. The van der Waals surface area contributed by atoms with Gasteiger partial charge in [0, 0.05) is 35.8 Å². The van der Waals surface area contributed by atoms with Crippen molar-refractivity contribution < 1.29 is 28.6 Å². The molecule has 9 heteroatoms. The minimum absolute atomic E-state index is 0.00154. The molecule has 0 fully saturated rings. The summed E-state index contributed by atoms with van der Waals surface area (Å²) in [6, 6.07) is 14.9. The maximum absolute atomic E-state index is 15.1. The predicted molar refractivity (Wildman–Crippen MR) is 163 cm³/mol. The summed E-state index contributed by atoms with van der Waals surface area (Å²) in [5, 5.41) is 15.5. The quantitative estimate of drug-likeness (QED) is 0.224. The van der Waals surface area contributed by atoms with Gasteiger partial charge in [-0.25, -0.2) is 14.2 Å². The van der Waals surface area contributed by atoms with Crippen molar-refractivity contribution in [3.05, 3.63) is 77.1 Å². The zero-order chi connectivity index (χ0) is 31.6. The predicted octanol–water partition coefficient (Wildman–Crippen LogP) is 6.80. The normalized spacial score (nSPS) is 14.8. The molecule has 0 spiro atoms. The van der Waals surface area contributed by atoms with E-state index in [9.17, 15) is 14.7 Å². The van der Waals surface area contributed by atoms with E-state index in [-0.39, 0.29) is 18.2 Å². The number of benzene rings is 2. The first kappa shape index (κ1) is 32.1. The lowest BCUT2D eigenvalue weighted by Crippen LogP contribution is -2.50. The van der Waals surface area contributed by atoms with Crippen molar-refractivity contribution in [2.45, 2.75) is 78.4 Å². The Morgan fingerprint density at radius 2 is 1.70 bits per heavy atom. The topological polar surface area (TPSA) is 110 Å². The number of aromatic nitrogens is 1. The van der Waals surface area contributed by atoms with E-state index in [0.717, 1.165) is 24.0 Å². The first-order valence-electron chi connectivity index (χ1n) is 14.7. The fourth-order valence-electron chi connectivity index (χ4n) is 5.14. The molecule has 1 aliphatic rings. The number of amides is 3. The summed E-state index contributed by atoms with van der Waals surface area (Å²) in [7, 11) is 0. The largest absolute Gasteiger partial charge is 0.435 e. The second-order valence-electron chi connectivity index (χ2n) is 12.7. The Bertz CT molecular complexity index is 1480. The lowest BCUT2D eigenvalue weighted by Gasteiger charge is -2.37. The molecule has 43 heavy (non-hydrogen) atoms. The molecule has 3 aromatic rings. The van der Waals surface area contributed by atoms with Crippen LogP contribution in [0.15, 0.2) is 54.6 Å². The van der Waals surface area contributed by atoms with Gasteiger partial charge in [0.1, 0.15) is 0 Å². The maximum atomic E-state index is 15.1. The van der Waals surface area contributed by atoms with E-state index in [1.165, 1.54) is 6.07 Å². The number of unbranched alkanes of at least 4 members (excludes halogenated alkanes) is 1. The number of nitrogens with zero attached hydrogens (tertiary/aromatic N) is 1. The number of aliphatic hydroxyl groups is 1. The Morgan fingerprint density at radius 1 is 1.00 bits per heavy atom. The van der Waals surface area contributed by atoms with Gasteiger partial charge in [0.05, 0.1) is 22.3 Å². The zero-order valence-electron chi connectivity index (χ0n) is 26.0. The lowest BCUT2D eigenvalue weighted by molar-refractivity contribution is -0.129. The number of carbonyl (C=O) groups excluding carboxylic acids is 2. The number of imide groups is 1. The number of carbonyl (C=O) groups is 2. The van der Waals surface area contributed by atoms with E-state index in [4.69, 9.17) is 14.5 Å².